The predicted octanol–water partition coefficient (Wildman–Crippen LogP) is 1.45. The molecule has 2 saturated heterocycles. The summed E-state index contributed by atoms with van der Waals surface area (Å²) in [6.07, 6.45) is 1.78. The molecular formula is C20H31FN4O2. The Morgan fingerprint density at radius 1 is 1.33 bits per heavy atom. The number of piperidine rings is 1. The van der Waals surface area contributed by atoms with Gasteiger partial charge in [-0.05, 0) is 50.6 Å². The minimum Gasteiger partial charge on any atom is -0.383 e. The van der Waals surface area contributed by atoms with E-state index >= 15 is 0 Å². The Hall–Kier alpha value is -1.54. The van der Waals surface area contributed by atoms with Gasteiger partial charge in [0, 0.05) is 38.1 Å². The summed E-state index contributed by atoms with van der Waals surface area (Å²) in [5, 5.41) is 3.04. The van der Waals surface area contributed by atoms with Crippen LogP contribution in [-0.2, 0) is 9.53 Å². The maximum absolute atomic E-state index is 13.2. The number of hydrogen-bond donors (Lipinski definition) is 3. The van der Waals surface area contributed by atoms with Crippen LogP contribution in [-0.4, -0.2) is 56.7 Å². The fourth-order valence-electron chi connectivity index (χ4n) is 4.09. The van der Waals surface area contributed by atoms with Gasteiger partial charge in [-0.1, -0.05) is 12.1 Å². The monoisotopic (exact) mass is 378 g/mol. The first kappa shape index (κ1) is 20.2. The highest BCUT2D eigenvalue weighted by Gasteiger charge is 2.32. The van der Waals surface area contributed by atoms with Crippen LogP contribution in [0.1, 0.15) is 31.4 Å². The fourth-order valence-corrected chi connectivity index (χ4v) is 4.09. The Kier molecular flexibility index (Phi) is 7.18. The molecule has 3 N–H and O–H groups in total. The van der Waals surface area contributed by atoms with E-state index in [0.717, 1.165) is 44.6 Å². The Morgan fingerprint density at radius 3 is 2.70 bits per heavy atom. The summed E-state index contributed by atoms with van der Waals surface area (Å²) in [6.45, 7) is 6.23. The molecule has 0 aromatic heterocycles. The third kappa shape index (κ3) is 5.48. The second-order valence-corrected chi connectivity index (χ2v) is 7.75. The topological polar surface area (TPSA) is 65.6 Å². The molecule has 1 aromatic carbocycles. The molecule has 3 unspecified atom stereocenters. The quantitative estimate of drug-likeness (QED) is 0.670. The number of halogens is 1. The summed E-state index contributed by atoms with van der Waals surface area (Å²) in [7, 11) is 1.65. The Balaban J connectivity index is 1.47. The average molecular weight is 378 g/mol. The zero-order chi connectivity index (χ0) is 19.2. The number of hydrogen-bond acceptors (Lipinski definition) is 5. The van der Waals surface area contributed by atoms with Crippen LogP contribution in [0.2, 0.25) is 0 Å². The second-order valence-electron chi connectivity index (χ2n) is 7.75. The molecule has 27 heavy (non-hydrogen) atoms. The standard InChI is InChI=1S/C20H31FN4O2/c1-14(13-27-2)23-20(26)16-7-9-25(10-8-16)12-17-11-22-24-19(17)15-3-5-18(21)6-4-15/h3-6,14,16-17,19,22,24H,7-13H2,1-2H3,(H,23,26). The van der Waals surface area contributed by atoms with Crippen molar-refractivity contribution in [2.75, 3.05) is 39.9 Å². The van der Waals surface area contributed by atoms with E-state index in [1.54, 1.807) is 7.11 Å². The maximum atomic E-state index is 13.2. The van der Waals surface area contributed by atoms with Gasteiger partial charge in [-0.15, -0.1) is 0 Å². The summed E-state index contributed by atoms with van der Waals surface area (Å²) in [5.41, 5.74) is 7.66. The van der Waals surface area contributed by atoms with Crippen LogP contribution in [0.3, 0.4) is 0 Å². The molecule has 2 heterocycles. The lowest BCUT2D eigenvalue weighted by Gasteiger charge is -2.34. The van der Waals surface area contributed by atoms with Gasteiger partial charge in [0.25, 0.3) is 0 Å². The third-order valence-electron chi connectivity index (χ3n) is 5.58. The second kappa shape index (κ2) is 9.59. The molecule has 6 nitrogen and oxygen atoms in total. The van der Waals surface area contributed by atoms with Gasteiger partial charge in [0.05, 0.1) is 12.6 Å². The van der Waals surface area contributed by atoms with Gasteiger partial charge in [0.15, 0.2) is 0 Å². The number of methoxy groups -OCH3 is 1. The SMILES string of the molecule is COCC(C)NC(=O)C1CCN(CC2CNNC2c2ccc(F)cc2)CC1. The van der Waals surface area contributed by atoms with Crippen LogP contribution >= 0.6 is 0 Å². The molecule has 0 radical (unpaired) electrons. The van der Waals surface area contributed by atoms with Crippen molar-refractivity contribution in [3.63, 3.8) is 0 Å². The van der Waals surface area contributed by atoms with Gasteiger partial charge < -0.3 is 15.0 Å². The number of nitrogens with zero attached hydrogens (tertiary/aromatic N) is 1. The van der Waals surface area contributed by atoms with Crippen molar-refractivity contribution in [3.8, 4) is 0 Å². The lowest BCUT2D eigenvalue weighted by molar-refractivity contribution is -0.127. The number of benzene rings is 1. The summed E-state index contributed by atoms with van der Waals surface area (Å²) >= 11 is 0. The van der Waals surface area contributed by atoms with Crippen molar-refractivity contribution in [1.82, 2.24) is 21.1 Å². The van der Waals surface area contributed by atoms with Crippen molar-refractivity contribution >= 4 is 5.91 Å². The zero-order valence-electron chi connectivity index (χ0n) is 16.2. The van der Waals surface area contributed by atoms with Crippen LogP contribution < -0.4 is 16.2 Å². The fraction of sp³-hybridized carbons (Fsp3) is 0.650. The molecular weight excluding hydrogens is 347 g/mol. The molecule has 1 amide bonds. The largest absolute Gasteiger partial charge is 0.383 e. The number of carbonyl (C=O) groups excluding carboxylic acids is 1. The number of nitrogens with one attached hydrogen (secondary N) is 3. The Morgan fingerprint density at radius 2 is 2.04 bits per heavy atom. The van der Waals surface area contributed by atoms with Crippen LogP contribution in [0, 0.1) is 17.7 Å². The minimum atomic E-state index is -0.207. The van der Waals surface area contributed by atoms with Crippen LogP contribution in [0.5, 0.6) is 0 Å². The van der Waals surface area contributed by atoms with E-state index < -0.39 is 0 Å². The Bertz CT molecular complexity index is 605. The van der Waals surface area contributed by atoms with E-state index in [-0.39, 0.29) is 29.7 Å². The molecule has 0 spiro atoms. The van der Waals surface area contributed by atoms with Crippen LogP contribution in [0.4, 0.5) is 4.39 Å². The van der Waals surface area contributed by atoms with E-state index in [4.69, 9.17) is 4.74 Å². The van der Waals surface area contributed by atoms with E-state index in [1.165, 1.54) is 12.1 Å². The highest BCUT2D eigenvalue weighted by atomic mass is 19.1. The number of ether oxygens (including phenoxy) is 1. The van der Waals surface area contributed by atoms with Crippen molar-refractivity contribution in [2.24, 2.45) is 11.8 Å². The summed E-state index contributed by atoms with van der Waals surface area (Å²) in [6, 6.07) is 6.96. The summed E-state index contributed by atoms with van der Waals surface area (Å²) < 4.78 is 18.3. The van der Waals surface area contributed by atoms with Crippen LogP contribution in [0.25, 0.3) is 0 Å². The van der Waals surface area contributed by atoms with E-state index in [9.17, 15) is 9.18 Å². The number of rotatable bonds is 7. The van der Waals surface area contributed by atoms with Crippen molar-refractivity contribution < 1.29 is 13.9 Å². The summed E-state index contributed by atoms with van der Waals surface area (Å²) in [5.74, 6) is 0.449. The third-order valence-corrected chi connectivity index (χ3v) is 5.58. The molecule has 1 aromatic rings. The van der Waals surface area contributed by atoms with E-state index in [0.29, 0.717) is 12.5 Å². The lowest BCUT2D eigenvalue weighted by atomic mass is 9.91. The Labute approximate surface area is 160 Å². The first-order valence-electron chi connectivity index (χ1n) is 9.82. The van der Waals surface area contributed by atoms with Crippen molar-refractivity contribution in [2.45, 2.75) is 31.8 Å². The zero-order valence-corrected chi connectivity index (χ0v) is 16.2. The lowest BCUT2D eigenvalue weighted by Crippen LogP contribution is -2.45. The molecule has 7 heteroatoms. The number of amides is 1. The number of hydrazine groups is 1. The number of likely N-dealkylation sites (tertiary alicyclic amines) is 1. The predicted molar refractivity (Wildman–Crippen MR) is 102 cm³/mol. The van der Waals surface area contributed by atoms with Crippen molar-refractivity contribution in [1.29, 1.82) is 0 Å². The van der Waals surface area contributed by atoms with Gasteiger partial charge in [-0.2, -0.15) is 0 Å². The highest BCUT2D eigenvalue weighted by Crippen LogP contribution is 2.27. The molecule has 0 aliphatic carbocycles. The molecule has 3 atom stereocenters. The normalized spacial score (nSPS) is 25.4. The van der Waals surface area contributed by atoms with E-state index in [1.807, 2.05) is 19.1 Å². The van der Waals surface area contributed by atoms with Gasteiger partial charge >= 0.3 is 0 Å². The molecule has 0 bridgehead atoms. The van der Waals surface area contributed by atoms with E-state index in [2.05, 4.69) is 21.1 Å². The molecule has 0 saturated carbocycles. The molecule has 3 rings (SSSR count). The smallest absolute Gasteiger partial charge is 0.223 e. The summed E-state index contributed by atoms with van der Waals surface area (Å²) in [4.78, 5) is 14.8. The van der Waals surface area contributed by atoms with Gasteiger partial charge in [-0.25, -0.2) is 9.82 Å². The first-order chi connectivity index (χ1) is 13.1. The molecule has 150 valence electrons. The van der Waals surface area contributed by atoms with Crippen molar-refractivity contribution in [3.05, 3.63) is 35.6 Å². The number of carbonyl (C=O) groups is 1. The molecule has 2 fully saturated rings. The molecule has 2 aliphatic rings. The molecule has 2 aliphatic heterocycles. The van der Waals surface area contributed by atoms with Gasteiger partial charge in [0.2, 0.25) is 5.91 Å². The maximum Gasteiger partial charge on any atom is 0.223 e. The highest BCUT2D eigenvalue weighted by molar-refractivity contribution is 5.79. The van der Waals surface area contributed by atoms with Crippen LogP contribution in [0.15, 0.2) is 24.3 Å². The average Bonchev–Trinajstić information content (AvgIpc) is 3.11. The first-order valence-corrected chi connectivity index (χ1v) is 9.82. The van der Waals surface area contributed by atoms with Gasteiger partial charge in [-0.3, -0.25) is 10.2 Å². The van der Waals surface area contributed by atoms with Gasteiger partial charge in [0.1, 0.15) is 5.82 Å². The minimum absolute atomic E-state index is 0.0487.